The van der Waals surface area contributed by atoms with Crippen LogP contribution in [0.25, 0.3) is 11.1 Å². The number of thioether (sulfide) groups is 1. The number of hydrogen-bond acceptors (Lipinski definition) is 4. The number of alkyl halides is 3. The van der Waals surface area contributed by atoms with Crippen molar-refractivity contribution in [3.8, 4) is 11.1 Å². The summed E-state index contributed by atoms with van der Waals surface area (Å²) in [6, 6.07) is 18.2. The number of hydrogen-bond donors (Lipinski definition) is 0. The van der Waals surface area contributed by atoms with Crippen LogP contribution in [0.2, 0.25) is 0 Å². The first-order chi connectivity index (χ1) is 21.6. The molecule has 2 aliphatic rings. The summed E-state index contributed by atoms with van der Waals surface area (Å²) in [5.74, 6) is 0.141. The van der Waals surface area contributed by atoms with Gasteiger partial charge in [0.15, 0.2) is 5.16 Å². The van der Waals surface area contributed by atoms with Gasteiger partial charge in [0.1, 0.15) is 11.9 Å². The smallest absolute Gasteiger partial charge is 0.334 e. The van der Waals surface area contributed by atoms with Crippen molar-refractivity contribution in [3.05, 3.63) is 117 Å². The monoisotopic (exact) mass is 635 g/mol. The maximum absolute atomic E-state index is 14.2. The second-order valence-corrected chi connectivity index (χ2v) is 12.6. The molecular weight excluding hydrogens is 602 g/mol. The van der Waals surface area contributed by atoms with Crippen LogP contribution in [-0.2, 0) is 29.6 Å². The van der Waals surface area contributed by atoms with Crippen molar-refractivity contribution in [3.63, 3.8) is 0 Å². The molecule has 45 heavy (non-hydrogen) atoms. The molecule has 1 aromatic heterocycles. The molecule has 10 heteroatoms. The third-order valence-corrected chi connectivity index (χ3v) is 9.74. The fourth-order valence-electron chi connectivity index (χ4n) is 6.36. The Morgan fingerprint density at radius 2 is 1.56 bits per heavy atom. The highest BCUT2D eigenvalue weighted by atomic mass is 32.2. The van der Waals surface area contributed by atoms with Crippen LogP contribution in [0.1, 0.15) is 72.6 Å². The summed E-state index contributed by atoms with van der Waals surface area (Å²) < 4.78 is 54.6. The predicted molar refractivity (Wildman–Crippen MR) is 166 cm³/mol. The van der Waals surface area contributed by atoms with Crippen LogP contribution in [0.3, 0.4) is 0 Å². The Bertz CT molecular complexity index is 1740. The lowest BCUT2D eigenvalue weighted by Gasteiger charge is -2.25. The molecule has 6 rings (SSSR count). The van der Waals surface area contributed by atoms with E-state index in [4.69, 9.17) is 0 Å². The van der Waals surface area contributed by atoms with Gasteiger partial charge in [-0.05, 0) is 72.2 Å². The molecule has 0 saturated carbocycles. The fourth-order valence-corrected chi connectivity index (χ4v) is 7.37. The Kier molecular flexibility index (Phi) is 8.86. The summed E-state index contributed by atoms with van der Waals surface area (Å²) in [4.78, 5) is 33.6. The summed E-state index contributed by atoms with van der Waals surface area (Å²) in [7, 11) is 0. The lowest BCUT2D eigenvalue weighted by molar-refractivity contribution is -0.137. The molecule has 1 amide bonds. The Morgan fingerprint density at radius 3 is 2.20 bits per heavy atom. The Hall–Kier alpha value is -3.92. The molecule has 2 heterocycles. The van der Waals surface area contributed by atoms with Crippen LogP contribution >= 0.6 is 11.8 Å². The number of fused-ring (bicyclic) bond motifs is 1. The minimum absolute atomic E-state index is 0.0107. The molecule has 4 aromatic rings. The van der Waals surface area contributed by atoms with Gasteiger partial charge in [-0.25, -0.2) is 4.39 Å². The van der Waals surface area contributed by atoms with E-state index in [2.05, 4.69) is 11.9 Å². The van der Waals surface area contributed by atoms with Gasteiger partial charge in [-0.3, -0.25) is 9.59 Å². The van der Waals surface area contributed by atoms with Crippen molar-refractivity contribution in [1.29, 1.82) is 0 Å². The Balaban J connectivity index is 1.32. The summed E-state index contributed by atoms with van der Waals surface area (Å²) in [6.45, 7) is 2.67. The Morgan fingerprint density at radius 1 is 0.889 bits per heavy atom. The summed E-state index contributed by atoms with van der Waals surface area (Å²) in [5, 5.41) is 0.497. The van der Waals surface area contributed by atoms with Crippen LogP contribution in [0.15, 0.2) is 82.7 Å². The van der Waals surface area contributed by atoms with E-state index in [9.17, 15) is 27.2 Å². The quantitative estimate of drug-likeness (QED) is 0.106. The summed E-state index contributed by atoms with van der Waals surface area (Å²) in [6.07, 6.45) is 0.0304. The van der Waals surface area contributed by atoms with E-state index in [1.165, 1.54) is 36.0 Å². The molecule has 0 radical (unpaired) electrons. The van der Waals surface area contributed by atoms with E-state index in [0.29, 0.717) is 47.8 Å². The zero-order valence-electron chi connectivity index (χ0n) is 24.8. The number of benzene rings is 3. The number of likely N-dealkylation sites (tertiary alicyclic amines) is 1. The highest BCUT2D eigenvalue weighted by molar-refractivity contribution is 7.98. The van der Waals surface area contributed by atoms with Crippen molar-refractivity contribution in [1.82, 2.24) is 14.5 Å². The van der Waals surface area contributed by atoms with E-state index in [1.54, 1.807) is 12.1 Å². The van der Waals surface area contributed by atoms with Crippen molar-refractivity contribution in [2.75, 3.05) is 6.54 Å². The first kappa shape index (κ1) is 31.1. The minimum Gasteiger partial charge on any atom is -0.334 e. The van der Waals surface area contributed by atoms with E-state index in [-0.39, 0.29) is 23.3 Å². The third kappa shape index (κ3) is 6.43. The van der Waals surface area contributed by atoms with Gasteiger partial charge in [0.2, 0.25) is 5.91 Å². The number of nitrogens with zero attached hydrogens (tertiary/aromatic N) is 3. The molecule has 1 aliphatic carbocycles. The number of carbonyl (C=O) groups is 1. The van der Waals surface area contributed by atoms with Crippen LogP contribution in [0.4, 0.5) is 17.6 Å². The van der Waals surface area contributed by atoms with Crippen LogP contribution in [-0.4, -0.2) is 26.9 Å². The van der Waals surface area contributed by atoms with Gasteiger partial charge in [-0.2, -0.15) is 18.2 Å². The molecule has 1 saturated heterocycles. The number of unbranched alkanes of at least 4 members (excludes halogenated alkanes) is 1. The fraction of sp³-hybridized carbons (Fsp3) is 0.343. The largest absolute Gasteiger partial charge is 0.416 e. The van der Waals surface area contributed by atoms with Gasteiger partial charge < -0.3 is 9.47 Å². The average molecular weight is 636 g/mol. The molecule has 234 valence electrons. The van der Waals surface area contributed by atoms with Crippen LogP contribution < -0.4 is 5.56 Å². The minimum atomic E-state index is -4.39. The normalized spacial score (nSPS) is 18.1. The number of carbonyl (C=O) groups excluding carboxylic acids is 1. The first-order valence-corrected chi connectivity index (χ1v) is 16.2. The number of aromatic nitrogens is 2. The van der Waals surface area contributed by atoms with E-state index < -0.39 is 17.8 Å². The molecule has 5 nitrogen and oxygen atoms in total. The zero-order valence-corrected chi connectivity index (χ0v) is 25.6. The van der Waals surface area contributed by atoms with E-state index >= 15 is 0 Å². The lowest BCUT2D eigenvalue weighted by Crippen LogP contribution is -2.33. The molecule has 2 unspecified atom stereocenters. The van der Waals surface area contributed by atoms with Gasteiger partial charge in [-0.15, -0.1) is 0 Å². The SMILES string of the molecule is CCCCN1C(=O)C(n2c(SCc3ccc(F)cc3)nc(=O)c3c2CCC3)CC1c1ccc(-c2ccc(C(F)(F)F)cc2)cc1. The van der Waals surface area contributed by atoms with Crippen LogP contribution in [0.5, 0.6) is 0 Å². The zero-order chi connectivity index (χ0) is 31.7. The van der Waals surface area contributed by atoms with Crippen molar-refractivity contribution in [2.24, 2.45) is 0 Å². The highest BCUT2D eigenvalue weighted by Crippen LogP contribution is 2.43. The maximum atomic E-state index is 14.2. The second-order valence-electron chi connectivity index (χ2n) is 11.6. The van der Waals surface area contributed by atoms with Crippen molar-refractivity contribution < 1.29 is 22.4 Å². The molecule has 0 spiro atoms. The van der Waals surface area contributed by atoms with Crippen molar-refractivity contribution in [2.45, 2.75) is 74.6 Å². The topological polar surface area (TPSA) is 55.2 Å². The highest BCUT2D eigenvalue weighted by Gasteiger charge is 2.43. The summed E-state index contributed by atoms with van der Waals surface area (Å²) in [5.41, 5.74) is 3.92. The van der Waals surface area contributed by atoms with Gasteiger partial charge >= 0.3 is 6.18 Å². The predicted octanol–water partition coefficient (Wildman–Crippen LogP) is 8.16. The number of rotatable bonds is 9. The molecule has 3 aromatic carbocycles. The van der Waals surface area contributed by atoms with Gasteiger partial charge in [-0.1, -0.05) is 73.6 Å². The standard InChI is InChI=1S/C35H33F4N3O2S/c1-2-3-19-41-30(25-11-9-23(10-12-25)24-13-15-26(16-14-24)35(37,38)39)20-31(33(41)44)42-29-6-4-5-28(29)32(43)40-34(42)45-21-22-7-17-27(36)18-8-22/h7-18,30-31H,2-6,19-21H2,1H3. The lowest BCUT2D eigenvalue weighted by atomic mass is 9.98. The third-order valence-electron chi connectivity index (χ3n) is 8.72. The molecule has 1 fully saturated rings. The maximum Gasteiger partial charge on any atom is 0.416 e. The van der Waals surface area contributed by atoms with E-state index in [0.717, 1.165) is 53.8 Å². The molecule has 1 aliphatic heterocycles. The van der Waals surface area contributed by atoms with Crippen LogP contribution in [0, 0.1) is 5.82 Å². The average Bonchev–Trinajstić information content (AvgIpc) is 3.65. The second kappa shape index (κ2) is 12.8. The molecule has 2 atom stereocenters. The van der Waals surface area contributed by atoms with E-state index in [1.807, 2.05) is 33.7 Å². The molecular formula is C35H33F4N3O2S. The number of halogens is 4. The van der Waals surface area contributed by atoms with Gasteiger partial charge in [0.05, 0.1) is 11.6 Å². The van der Waals surface area contributed by atoms with Crippen molar-refractivity contribution >= 4 is 17.7 Å². The molecule has 0 N–H and O–H groups in total. The molecule has 0 bridgehead atoms. The Labute approximate surface area is 263 Å². The van der Waals surface area contributed by atoms with Gasteiger partial charge in [0.25, 0.3) is 5.56 Å². The first-order valence-electron chi connectivity index (χ1n) is 15.2. The summed E-state index contributed by atoms with van der Waals surface area (Å²) >= 11 is 1.38. The van der Waals surface area contributed by atoms with Gasteiger partial charge in [0, 0.05) is 30.0 Å². The number of amides is 1.